The molecule has 0 aromatic carbocycles. The lowest BCUT2D eigenvalue weighted by Crippen LogP contribution is -2.52. The van der Waals surface area contributed by atoms with Crippen molar-refractivity contribution in [1.29, 1.82) is 0 Å². The molecule has 3 rings (SSSR count). The third-order valence-corrected chi connectivity index (χ3v) is 5.74. The number of hydrogen-bond donors (Lipinski definition) is 5. The van der Waals surface area contributed by atoms with Gasteiger partial charge in [0.05, 0.1) is 6.61 Å². The van der Waals surface area contributed by atoms with Gasteiger partial charge in [-0.3, -0.25) is 15.5 Å². The first-order valence-corrected chi connectivity index (χ1v) is 10.2. The number of amides is 1. The highest BCUT2D eigenvalue weighted by Gasteiger charge is 2.44. The van der Waals surface area contributed by atoms with Crippen LogP contribution in [-0.2, 0) is 9.53 Å². The van der Waals surface area contributed by atoms with Crippen LogP contribution in [0.2, 0.25) is 0 Å². The molecule has 1 amide bonds. The van der Waals surface area contributed by atoms with Crippen LogP contribution in [0.1, 0.15) is 26.2 Å². The third kappa shape index (κ3) is 5.59. The summed E-state index contributed by atoms with van der Waals surface area (Å²) in [6.45, 7) is 3.08. The molecule has 0 radical (unpaired) electrons. The van der Waals surface area contributed by atoms with E-state index in [4.69, 9.17) is 4.74 Å². The SMILES string of the molecule is COC[C@H](C)N/C(=N\C1NNC2CNCC(F)C21)NC(=O)C1CCC(F)C(F)C1. The Morgan fingerprint density at radius 3 is 2.69 bits per heavy atom. The topological polar surface area (TPSA) is 98.8 Å². The van der Waals surface area contributed by atoms with E-state index in [1.54, 1.807) is 7.11 Å². The maximum absolute atomic E-state index is 14.4. The molecule has 1 aliphatic carbocycles. The Hall–Kier alpha value is -1.43. The lowest BCUT2D eigenvalue weighted by Gasteiger charge is -2.30. The minimum atomic E-state index is -1.64. The van der Waals surface area contributed by atoms with Crippen LogP contribution >= 0.6 is 0 Å². The number of alkyl halides is 3. The van der Waals surface area contributed by atoms with E-state index in [9.17, 15) is 18.0 Å². The van der Waals surface area contributed by atoms with Crippen LogP contribution in [-0.4, -0.2) is 75.4 Å². The van der Waals surface area contributed by atoms with Crippen molar-refractivity contribution in [2.24, 2.45) is 16.8 Å². The van der Waals surface area contributed by atoms with Gasteiger partial charge in [-0.25, -0.2) is 23.6 Å². The van der Waals surface area contributed by atoms with E-state index in [1.807, 2.05) is 6.92 Å². The van der Waals surface area contributed by atoms with Crippen LogP contribution in [0.4, 0.5) is 13.2 Å². The van der Waals surface area contributed by atoms with Gasteiger partial charge in [0.2, 0.25) is 5.91 Å². The molecule has 2 saturated heterocycles. The highest BCUT2D eigenvalue weighted by atomic mass is 19.2. The number of ether oxygens (including phenoxy) is 1. The second kappa shape index (κ2) is 10.1. The number of nitrogens with zero attached hydrogens (tertiary/aromatic N) is 1. The number of halogens is 3. The number of hydrogen-bond acceptors (Lipinski definition) is 6. The molecule has 8 atom stereocenters. The molecule has 2 aliphatic heterocycles. The van der Waals surface area contributed by atoms with Gasteiger partial charge in [-0.15, -0.1) is 0 Å². The van der Waals surface area contributed by atoms with Crippen molar-refractivity contribution in [3.63, 3.8) is 0 Å². The Morgan fingerprint density at radius 1 is 1.17 bits per heavy atom. The second-order valence-electron chi connectivity index (χ2n) is 8.10. The summed E-state index contributed by atoms with van der Waals surface area (Å²) < 4.78 is 46.6. The fourth-order valence-corrected chi connectivity index (χ4v) is 4.18. The van der Waals surface area contributed by atoms with Gasteiger partial charge in [0, 0.05) is 44.1 Å². The fraction of sp³-hybridized carbons (Fsp3) is 0.889. The summed E-state index contributed by atoms with van der Waals surface area (Å²) in [6, 6.07) is -0.290. The number of hydrazine groups is 1. The van der Waals surface area contributed by atoms with Gasteiger partial charge < -0.3 is 15.4 Å². The Kier molecular flexibility index (Phi) is 7.72. The molecule has 1 saturated carbocycles. The molecule has 0 aromatic heterocycles. The van der Waals surface area contributed by atoms with Gasteiger partial charge >= 0.3 is 0 Å². The fourth-order valence-electron chi connectivity index (χ4n) is 4.18. The summed E-state index contributed by atoms with van der Waals surface area (Å²) in [4.78, 5) is 17.2. The molecular formula is C18H31F3N6O2. The maximum Gasteiger partial charge on any atom is 0.229 e. The van der Waals surface area contributed by atoms with Crippen LogP contribution in [0.25, 0.3) is 0 Å². The number of rotatable bonds is 5. The number of nitrogens with one attached hydrogen (secondary N) is 5. The highest BCUT2D eigenvalue weighted by Crippen LogP contribution is 2.29. The summed E-state index contributed by atoms with van der Waals surface area (Å²) in [5, 5.41) is 8.78. The zero-order chi connectivity index (χ0) is 21.0. The van der Waals surface area contributed by atoms with Gasteiger partial charge in [0.1, 0.15) is 24.7 Å². The molecule has 3 fully saturated rings. The molecule has 7 unspecified atom stereocenters. The van der Waals surface area contributed by atoms with E-state index in [2.05, 4.69) is 31.8 Å². The van der Waals surface area contributed by atoms with Crippen LogP contribution in [0.3, 0.4) is 0 Å². The first kappa shape index (κ1) is 22.3. The number of aliphatic imine (C=N–C) groups is 1. The molecule has 2 heterocycles. The van der Waals surface area contributed by atoms with Crippen molar-refractivity contribution in [1.82, 2.24) is 26.8 Å². The van der Waals surface area contributed by atoms with E-state index in [0.29, 0.717) is 13.2 Å². The molecular weight excluding hydrogens is 389 g/mol. The van der Waals surface area contributed by atoms with Crippen LogP contribution in [0, 0.1) is 11.8 Å². The van der Waals surface area contributed by atoms with Gasteiger partial charge in [-0.05, 0) is 26.2 Å². The molecule has 3 aliphatic rings. The molecule has 0 aromatic rings. The summed E-state index contributed by atoms with van der Waals surface area (Å²) in [5.41, 5.74) is 6.01. The standard InChI is InChI=1S/C18H31F3N6O2/c1-9(8-29-2)23-18(25-17(28)10-3-4-11(19)12(20)5-10)24-16-15-13(21)6-22-7-14(15)26-27-16/h9-16,22,26-27H,3-8H2,1-2H3,(H2,23,24,25,28)/t9-,10?,11?,12?,13?,14?,15?,16?/m0/s1. The molecule has 166 valence electrons. The maximum atomic E-state index is 14.4. The predicted molar refractivity (Wildman–Crippen MR) is 102 cm³/mol. The van der Waals surface area contributed by atoms with Crippen molar-refractivity contribution < 1.29 is 22.7 Å². The number of piperidine rings is 1. The lowest BCUT2D eigenvalue weighted by atomic mass is 9.86. The predicted octanol–water partition coefficient (Wildman–Crippen LogP) is -0.0806. The smallest absolute Gasteiger partial charge is 0.229 e. The number of guanidine groups is 1. The highest BCUT2D eigenvalue weighted by molar-refractivity contribution is 5.98. The molecule has 29 heavy (non-hydrogen) atoms. The number of fused-ring (bicyclic) bond motifs is 1. The largest absolute Gasteiger partial charge is 0.383 e. The molecule has 8 nitrogen and oxygen atoms in total. The van der Waals surface area contributed by atoms with Crippen LogP contribution in [0.5, 0.6) is 0 Å². The lowest BCUT2D eigenvalue weighted by molar-refractivity contribution is -0.125. The second-order valence-corrected chi connectivity index (χ2v) is 8.10. The molecule has 5 N–H and O–H groups in total. The molecule has 0 bridgehead atoms. The minimum Gasteiger partial charge on any atom is -0.383 e. The Labute approximate surface area is 168 Å². The van der Waals surface area contributed by atoms with E-state index < -0.39 is 36.5 Å². The van der Waals surface area contributed by atoms with Crippen molar-refractivity contribution >= 4 is 11.9 Å². The van der Waals surface area contributed by atoms with E-state index in [-0.39, 0.29) is 49.8 Å². The summed E-state index contributed by atoms with van der Waals surface area (Å²) in [7, 11) is 1.56. The number of methoxy groups -OCH3 is 1. The van der Waals surface area contributed by atoms with E-state index in [1.165, 1.54) is 0 Å². The van der Waals surface area contributed by atoms with Gasteiger partial charge in [-0.1, -0.05) is 0 Å². The summed E-state index contributed by atoms with van der Waals surface area (Å²) >= 11 is 0. The van der Waals surface area contributed by atoms with Crippen molar-refractivity contribution in [3.05, 3.63) is 0 Å². The summed E-state index contributed by atoms with van der Waals surface area (Å²) in [5.74, 6) is -1.26. The monoisotopic (exact) mass is 420 g/mol. The van der Waals surface area contributed by atoms with Gasteiger partial charge in [0.15, 0.2) is 5.96 Å². The molecule has 0 spiro atoms. The zero-order valence-corrected chi connectivity index (χ0v) is 16.8. The first-order chi connectivity index (χ1) is 13.9. The minimum absolute atomic E-state index is 0.0214. The number of carbonyl (C=O) groups excluding carboxylic acids is 1. The van der Waals surface area contributed by atoms with Gasteiger partial charge in [0.25, 0.3) is 0 Å². The van der Waals surface area contributed by atoms with E-state index in [0.717, 1.165) is 0 Å². The third-order valence-electron chi connectivity index (χ3n) is 5.74. The first-order valence-electron chi connectivity index (χ1n) is 10.2. The van der Waals surface area contributed by atoms with Crippen molar-refractivity contribution in [2.45, 2.75) is 63.0 Å². The average molecular weight is 420 g/mol. The quantitative estimate of drug-likeness (QED) is 0.315. The Morgan fingerprint density at radius 2 is 1.97 bits per heavy atom. The zero-order valence-electron chi connectivity index (χ0n) is 16.8. The normalized spacial score (nSPS) is 38.9. The van der Waals surface area contributed by atoms with Gasteiger partial charge in [-0.2, -0.15) is 0 Å². The number of carbonyl (C=O) groups is 1. The molecule has 11 heteroatoms. The Bertz CT molecular complexity index is 598. The van der Waals surface area contributed by atoms with Crippen molar-refractivity contribution in [2.75, 3.05) is 26.8 Å². The van der Waals surface area contributed by atoms with Crippen LogP contribution < -0.4 is 26.8 Å². The van der Waals surface area contributed by atoms with E-state index >= 15 is 0 Å². The van der Waals surface area contributed by atoms with Crippen molar-refractivity contribution in [3.8, 4) is 0 Å². The Balaban J connectivity index is 1.70. The summed E-state index contributed by atoms with van der Waals surface area (Å²) in [6.07, 6.45) is -4.67. The van der Waals surface area contributed by atoms with Crippen LogP contribution in [0.15, 0.2) is 4.99 Å². The average Bonchev–Trinajstić information content (AvgIpc) is 3.08.